The Morgan fingerprint density at radius 2 is 1.91 bits per heavy atom. The van der Waals surface area contributed by atoms with Crippen LogP contribution < -0.4 is 5.32 Å². The first-order chi connectivity index (χ1) is 15.3. The van der Waals surface area contributed by atoms with Crippen LogP contribution in [-0.2, 0) is 17.4 Å². The van der Waals surface area contributed by atoms with Crippen LogP contribution in [-0.4, -0.2) is 22.5 Å². The van der Waals surface area contributed by atoms with Crippen molar-refractivity contribution >= 4 is 29.1 Å². The van der Waals surface area contributed by atoms with Crippen molar-refractivity contribution in [3.63, 3.8) is 0 Å². The number of furan rings is 1. The van der Waals surface area contributed by atoms with Crippen LogP contribution in [0.2, 0.25) is 0 Å². The molecule has 1 saturated heterocycles. The highest BCUT2D eigenvalue weighted by Crippen LogP contribution is 2.31. The summed E-state index contributed by atoms with van der Waals surface area (Å²) in [6.45, 7) is 2.01. The molecule has 1 amide bonds. The topological polar surface area (TPSA) is 67.0 Å². The molecule has 1 aliphatic rings. The Labute approximate surface area is 186 Å². The third-order valence-electron chi connectivity index (χ3n) is 4.75. The fourth-order valence-corrected chi connectivity index (χ4v) is 4.07. The van der Waals surface area contributed by atoms with Crippen LogP contribution in [0.3, 0.4) is 0 Å². The average Bonchev–Trinajstić information content (AvgIpc) is 3.35. The van der Waals surface area contributed by atoms with Gasteiger partial charge in [-0.05, 0) is 37.1 Å². The van der Waals surface area contributed by atoms with E-state index in [1.165, 1.54) is 12.3 Å². The van der Waals surface area contributed by atoms with E-state index in [-0.39, 0.29) is 17.5 Å². The first kappa shape index (κ1) is 21.9. The number of thioether (sulfide) groups is 1. The van der Waals surface area contributed by atoms with Crippen LogP contribution >= 0.6 is 11.8 Å². The number of nitrogens with one attached hydrogen (secondary N) is 1. The van der Waals surface area contributed by atoms with Crippen LogP contribution in [0, 0.1) is 6.92 Å². The summed E-state index contributed by atoms with van der Waals surface area (Å²) in [5.74, 6) is 0.879. The standard InChI is InChI=1S/C23H18F3N3O2S/c1-14-5-7-16(8-6-14)19-10-9-18(31-19)13-27-29-22-28-21(30)20(32-22)12-15-3-2-4-17(11-15)23(24,25)26/h2-11,13,20H,12H2,1H3,(H,28,29,30)/b27-13+. The lowest BCUT2D eigenvalue weighted by atomic mass is 10.1. The molecule has 4 rings (SSSR count). The molecule has 1 fully saturated rings. The highest BCUT2D eigenvalue weighted by atomic mass is 32.2. The summed E-state index contributed by atoms with van der Waals surface area (Å²) in [5, 5.41) is 10.2. The quantitative estimate of drug-likeness (QED) is 0.410. The van der Waals surface area contributed by atoms with Crippen molar-refractivity contribution in [2.75, 3.05) is 0 Å². The Balaban J connectivity index is 1.38. The second-order valence-corrected chi connectivity index (χ2v) is 8.41. The fraction of sp³-hybridized carbons (Fsp3) is 0.174. The van der Waals surface area contributed by atoms with Crippen LogP contribution in [0.5, 0.6) is 0 Å². The molecule has 0 saturated carbocycles. The molecular formula is C23H18F3N3O2S. The van der Waals surface area contributed by atoms with E-state index >= 15 is 0 Å². The van der Waals surface area contributed by atoms with Crippen molar-refractivity contribution < 1.29 is 22.4 Å². The van der Waals surface area contributed by atoms with E-state index in [4.69, 9.17) is 4.42 Å². The van der Waals surface area contributed by atoms with Gasteiger partial charge in [0.25, 0.3) is 0 Å². The van der Waals surface area contributed by atoms with E-state index in [0.29, 0.717) is 17.1 Å². The predicted molar refractivity (Wildman–Crippen MR) is 119 cm³/mol. The Morgan fingerprint density at radius 1 is 1.12 bits per heavy atom. The molecule has 3 aromatic rings. The number of rotatable bonds is 5. The average molecular weight is 457 g/mol. The Bertz CT molecular complexity index is 1180. The number of alkyl halides is 3. The zero-order valence-electron chi connectivity index (χ0n) is 16.9. The number of carbonyl (C=O) groups is 1. The third-order valence-corrected chi connectivity index (χ3v) is 5.82. The zero-order valence-corrected chi connectivity index (χ0v) is 17.7. The van der Waals surface area contributed by atoms with Crippen molar-refractivity contribution in [3.8, 4) is 11.3 Å². The van der Waals surface area contributed by atoms with Gasteiger partial charge in [-0.2, -0.15) is 18.3 Å². The van der Waals surface area contributed by atoms with Gasteiger partial charge in [-0.25, -0.2) is 0 Å². The van der Waals surface area contributed by atoms with Gasteiger partial charge in [0.05, 0.1) is 17.0 Å². The highest BCUT2D eigenvalue weighted by molar-refractivity contribution is 8.15. The van der Waals surface area contributed by atoms with Crippen molar-refractivity contribution in [3.05, 3.63) is 83.1 Å². The van der Waals surface area contributed by atoms with Gasteiger partial charge in [0.2, 0.25) is 5.91 Å². The molecule has 1 aromatic heterocycles. The molecule has 164 valence electrons. The lowest BCUT2D eigenvalue weighted by molar-refractivity contribution is -0.137. The molecule has 9 heteroatoms. The largest absolute Gasteiger partial charge is 0.455 e. The number of nitrogens with zero attached hydrogens (tertiary/aromatic N) is 2. The van der Waals surface area contributed by atoms with Crippen LogP contribution in [0.4, 0.5) is 13.2 Å². The lowest BCUT2D eigenvalue weighted by Gasteiger charge is -2.10. The second kappa shape index (κ2) is 9.04. The molecule has 0 bridgehead atoms. The summed E-state index contributed by atoms with van der Waals surface area (Å²) >= 11 is 1.13. The van der Waals surface area contributed by atoms with Gasteiger partial charge in [0.15, 0.2) is 5.17 Å². The van der Waals surface area contributed by atoms with Crippen molar-refractivity contribution in [2.24, 2.45) is 10.2 Å². The minimum Gasteiger partial charge on any atom is -0.455 e. The minimum absolute atomic E-state index is 0.154. The SMILES string of the molecule is Cc1ccc(-c2ccc(/C=N/N=C3\NC(=O)C(Cc4cccc(C(F)(F)F)c4)S3)o2)cc1. The zero-order chi connectivity index (χ0) is 22.7. The Hall–Kier alpha value is -3.33. The third kappa shape index (κ3) is 5.28. The smallest absolute Gasteiger partial charge is 0.416 e. The molecule has 2 aromatic carbocycles. The van der Waals surface area contributed by atoms with Gasteiger partial charge in [0.1, 0.15) is 11.5 Å². The maximum atomic E-state index is 12.9. The molecule has 5 nitrogen and oxygen atoms in total. The van der Waals surface area contributed by atoms with E-state index in [2.05, 4.69) is 15.5 Å². The van der Waals surface area contributed by atoms with Gasteiger partial charge in [-0.3, -0.25) is 4.79 Å². The van der Waals surface area contributed by atoms with Gasteiger partial charge >= 0.3 is 6.18 Å². The molecule has 0 aliphatic carbocycles. The Morgan fingerprint density at radius 3 is 2.66 bits per heavy atom. The fourth-order valence-electron chi connectivity index (χ4n) is 3.11. The molecule has 1 N–H and O–H groups in total. The highest BCUT2D eigenvalue weighted by Gasteiger charge is 2.33. The number of amidine groups is 1. The van der Waals surface area contributed by atoms with E-state index in [1.54, 1.807) is 12.1 Å². The number of carbonyl (C=O) groups excluding carboxylic acids is 1. The molecule has 1 atom stereocenters. The lowest BCUT2D eigenvalue weighted by Crippen LogP contribution is -2.26. The maximum absolute atomic E-state index is 12.9. The monoisotopic (exact) mass is 457 g/mol. The number of aryl methyl sites for hydroxylation is 1. The van der Waals surface area contributed by atoms with Crippen molar-refractivity contribution in [2.45, 2.75) is 24.8 Å². The molecule has 2 heterocycles. The molecule has 1 unspecified atom stereocenters. The first-order valence-corrected chi connectivity index (χ1v) is 10.6. The van der Waals surface area contributed by atoms with Crippen molar-refractivity contribution in [1.29, 1.82) is 0 Å². The normalized spacial score (nSPS) is 17.9. The van der Waals surface area contributed by atoms with E-state index in [9.17, 15) is 18.0 Å². The molecule has 0 spiro atoms. The van der Waals surface area contributed by atoms with Gasteiger partial charge in [0, 0.05) is 5.56 Å². The summed E-state index contributed by atoms with van der Waals surface area (Å²) in [5.41, 5.74) is 1.79. The summed E-state index contributed by atoms with van der Waals surface area (Å²) in [4.78, 5) is 12.2. The second-order valence-electron chi connectivity index (χ2n) is 7.22. The van der Waals surface area contributed by atoms with Crippen molar-refractivity contribution in [1.82, 2.24) is 5.32 Å². The van der Waals surface area contributed by atoms with Gasteiger partial charge in [-0.15, -0.1) is 5.10 Å². The van der Waals surface area contributed by atoms with E-state index in [1.807, 2.05) is 37.3 Å². The molecule has 0 radical (unpaired) electrons. The van der Waals surface area contributed by atoms with E-state index in [0.717, 1.165) is 35.0 Å². The molecule has 1 aliphatic heterocycles. The van der Waals surface area contributed by atoms with Crippen LogP contribution in [0.1, 0.15) is 22.5 Å². The number of hydrogen-bond acceptors (Lipinski definition) is 5. The summed E-state index contributed by atoms with van der Waals surface area (Å²) < 4.78 is 44.4. The molecular weight excluding hydrogens is 439 g/mol. The summed E-state index contributed by atoms with van der Waals surface area (Å²) in [6.07, 6.45) is -2.84. The first-order valence-electron chi connectivity index (χ1n) is 9.69. The van der Waals surface area contributed by atoms with Crippen LogP contribution in [0.25, 0.3) is 11.3 Å². The van der Waals surface area contributed by atoms with Gasteiger partial charge in [-0.1, -0.05) is 59.8 Å². The minimum atomic E-state index is -4.42. The number of amides is 1. The number of hydrogen-bond donors (Lipinski definition) is 1. The number of halogens is 3. The van der Waals surface area contributed by atoms with Gasteiger partial charge < -0.3 is 9.73 Å². The summed E-state index contributed by atoms with van der Waals surface area (Å²) in [7, 11) is 0. The number of benzene rings is 2. The van der Waals surface area contributed by atoms with Crippen LogP contribution in [0.15, 0.2) is 75.3 Å². The predicted octanol–water partition coefficient (Wildman–Crippen LogP) is 5.44. The molecule has 32 heavy (non-hydrogen) atoms. The van der Waals surface area contributed by atoms with E-state index < -0.39 is 17.0 Å². The summed E-state index contributed by atoms with van der Waals surface area (Å²) in [6, 6.07) is 16.5. The maximum Gasteiger partial charge on any atom is 0.416 e. The Kier molecular flexibility index (Phi) is 6.18.